The number of phosphoric acid groups is 1. The predicted octanol–water partition coefficient (Wildman–Crippen LogP) is 2.60. The molecular formula is C22H26ClN4O8P. The largest absolute Gasteiger partial charge is 0.475 e. The minimum absolute atomic E-state index is 0.0597. The number of aliphatic hydroxyl groups is 2. The summed E-state index contributed by atoms with van der Waals surface area (Å²) >= 11 is 6.10. The van der Waals surface area contributed by atoms with Crippen LogP contribution in [-0.2, 0) is 27.6 Å². The molecule has 4 N–H and O–H groups in total. The monoisotopic (exact) mass is 540 g/mol. The number of benzene rings is 1. The Kier molecular flexibility index (Phi) is 6.83. The Morgan fingerprint density at radius 3 is 2.92 bits per heavy atom. The second-order valence-corrected chi connectivity index (χ2v) is 10.9. The van der Waals surface area contributed by atoms with E-state index in [0.29, 0.717) is 21.6 Å². The standard InChI is InChI=1S/C22H26ClN4O8P/c1-22(29)18(28)16(34-21(22)27-7-6-14-19(24)25-11-26-20(14)27)10-33-36(30)32-9-15(31-2)17(35-36)12-4-3-5-13(23)8-12/h3-8,11,15-18,21,28-29H,9-10H2,1-2H3,(H2,24,25,26)/t15-,16+,17+,18+,21+,22+,36?/m0/s1. The minimum Gasteiger partial charge on any atom is -0.387 e. The molecule has 4 heterocycles. The van der Waals surface area contributed by atoms with Gasteiger partial charge < -0.3 is 30.0 Å². The van der Waals surface area contributed by atoms with Gasteiger partial charge in [0.1, 0.15) is 47.8 Å². The summed E-state index contributed by atoms with van der Waals surface area (Å²) in [4.78, 5) is 8.17. The van der Waals surface area contributed by atoms with E-state index in [-0.39, 0.29) is 19.0 Å². The van der Waals surface area contributed by atoms with E-state index in [1.807, 2.05) is 0 Å². The molecule has 2 aromatic heterocycles. The van der Waals surface area contributed by atoms with Crippen LogP contribution in [0, 0.1) is 0 Å². The van der Waals surface area contributed by atoms with Crippen LogP contribution in [0.15, 0.2) is 42.9 Å². The molecule has 0 amide bonds. The van der Waals surface area contributed by atoms with E-state index < -0.39 is 44.1 Å². The fraction of sp³-hybridized carbons (Fsp3) is 0.455. The maximum atomic E-state index is 13.3. The third kappa shape index (κ3) is 4.53. The Morgan fingerprint density at radius 1 is 1.36 bits per heavy atom. The van der Waals surface area contributed by atoms with Crippen LogP contribution in [0.3, 0.4) is 0 Å². The van der Waals surface area contributed by atoms with Crippen molar-refractivity contribution in [3.05, 3.63) is 53.4 Å². The number of nitrogens with two attached hydrogens (primary N) is 1. The molecule has 5 rings (SSSR count). The molecule has 12 nitrogen and oxygen atoms in total. The second kappa shape index (κ2) is 9.64. The van der Waals surface area contributed by atoms with Crippen molar-refractivity contribution in [1.29, 1.82) is 0 Å². The molecule has 1 aromatic carbocycles. The first-order valence-corrected chi connectivity index (χ1v) is 13.0. The van der Waals surface area contributed by atoms with Crippen molar-refractivity contribution in [1.82, 2.24) is 14.5 Å². The van der Waals surface area contributed by atoms with Crippen LogP contribution in [0.2, 0.25) is 5.02 Å². The van der Waals surface area contributed by atoms with E-state index in [1.165, 1.54) is 20.4 Å². The normalized spacial score (nSPS) is 34.9. The van der Waals surface area contributed by atoms with E-state index in [9.17, 15) is 14.8 Å². The summed E-state index contributed by atoms with van der Waals surface area (Å²) in [5.41, 5.74) is 5.22. The van der Waals surface area contributed by atoms with Gasteiger partial charge in [0.05, 0.1) is 18.6 Å². The lowest BCUT2D eigenvalue weighted by Gasteiger charge is -2.35. The zero-order valence-corrected chi connectivity index (χ0v) is 21.1. The van der Waals surface area contributed by atoms with Crippen LogP contribution in [-0.4, -0.2) is 69.0 Å². The zero-order chi connectivity index (χ0) is 25.7. The van der Waals surface area contributed by atoms with Crippen LogP contribution in [0.5, 0.6) is 0 Å². The van der Waals surface area contributed by atoms with Gasteiger partial charge in [-0.15, -0.1) is 0 Å². The van der Waals surface area contributed by atoms with E-state index in [1.54, 1.807) is 41.1 Å². The first kappa shape index (κ1) is 25.5. The number of ether oxygens (including phenoxy) is 2. The molecule has 0 radical (unpaired) electrons. The third-order valence-electron chi connectivity index (χ3n) is 6.40. The topological polar surface area (TPSA) is 160 Å². The maximum Gasteiger partial charge on any atom is 0.475 e. The SMILES string of the molecule is CO[C@H]1COP(=O)(OC[C@H]2O[C@@H](n3ccc4c(N)ncnc43)[C@](C)(O)[C@@H]2O)O[C@@H]1c1cccc(Cl)c1. The first-order chi connectivity index (χ1) is 17.1. The van der Waals surface area contributed by atoms with Crippen molar-refractivity contribution in [3.8, 4) is 0 Å². The summed E-state index contributed by atoms with van der Waals surface area (Å²) in [5, 5.41) is 23.0. The number of aliphatic hydroxyl groups excluding tert-OH is 1. The zero-order valence-electron chi connectivity index (χ0n) is 19.4. The summed E-state index contributed by atoms with van der Waals surface area (Å²) in [6.07, 6.45) is -1.91. The Balaban J connectivity index is 1.33. The van der Waals surface area contributed by atoms with Crippen molar-refractivity contribution < 1.29 is 37.8 Å². The summed E-state index contributed by atoms with van der Waals surface area (Å²) in [6, 6.07) is 8.57. The fourth-order valence-electron chi connectivity index (χ4n) is 4.43. The minimum atomic E-state index is -4.09. The van der Waals surface area contributed by atoms with Gasteiger partial charge in [0.25, 0.3) is 0 Å². The first-order valence-electron chi connectivity index (χ1n) is 11.1. The van der Waals surface area contributed by atoms with Crippen molar-refractivity contribution in [2.45, 2.75) is 43.2 Å². The second-order valence-electron chi connectivity index (χ2n) is 8.81. The molecule has 36 heavy (non-hydrogen) atoms. The number of nitrogen functional groups attached to an aromatic ring is 1. The number of nitrogens with zero attached hydrogens (tertiary/aromatic N) is 3. The van der Waals surface area contributed by atoms with Gasteiger partial charge in [0.2, 0.25) is 0 Å². The van der Waals surface area contributed by atoms with Gasteiger partial charge in [-0.1, -0.05) is 23.7 Å². The van der Waals surface area contributed by atoms with Gasteiger partial charge in [-0.05, 0) is 30.7 Å². The van der Waals surface area contributed by atoms with Gasteiger partial charge in [0, 0.05) is 18.3 Å². The van der Waals surface area contributed by atoms with E-state index in [2.05, 4.69) is 9.97 Å². The molecule has 0 spiro atoms. The smallest absolute Gasteiger partial charge is 0.387 e. The lowest BCUT2D eigenvalue weighted by atomic mass is 9.96. The molecule has 2 saturated heterocycles. The third-order valence-corrected chi connectivity index (χ3v) is 8.05. The molecule has 0 aliphatic carbocycles. The van der Waals surface area contributed by atoms with Crippen LogP contribution in [0.4, 0.5) is 5.82 Å². The van der Waals surface area contributed by atoms with Crippen molar-refractivity contribution >= 4 is 36.3 Å². The van der Waals surface area contributed by atoms with Gasteiger partial charge >= 0.3 is 7.82 Å². The number of halogens is 1. The van der Waals surface area contributed by atoms with Crippen molar-refractivity contribution in [2.24, 2.45) is 0 Å². The molecule has 3 aromatic rings. The van der Waals surface area contributed by atoms with Gasteiger partial charge in [-0.3, -0.25) is 13.6 Å². The Hall–Kier alpha value is -2.12. The van der Waals surface area contributed by atoms with Crippen LogP contribution >= 0.6 is 19.4 Å². The molecule has 194 valence electrons. The lowest BCUT2D eigenvalue weighted by molar-refractivity contribution is -0.0990. The van der Waals surface area contributed by atoms with Crippen molar-refractivity contribution in [2.75, 3.05) is 26.1 Å². The molecule has 7 atom stereocenters. The van der Waals surface area contributed by atoms with Gasteiger partial charge in [-0.2, -0.15) is 0 Å². The summed E-state index contributed by atoms with van der Waals surface area (Å²) in [5.74, 6) is 0.269. The number of fused-ring (bicyclic) bond motifs is 1. The summed E-state index contributed by atoms with van der Waals surface area (Å²) in [6.45, 7) is 0.976. The molecule has 2 fully saturated rings. The number of hydrogen-bond acceptors (Lipinski definition) is 11. The number of methoxy groups -OCH3 is 1. The average molecular weight is 541 g/mol. The fourth-order valence-corrected chi connectivity index (χ4v) is 6.02. The summed E-state index contributed by atoms with van der Waals surface area (Å²) in [7, 11) is -2.60. The van der Waals surface area contributed by atoms with Crippen molar-refractivity contribution in [3.63, 3.8) is 0 Å². The Bertz CT molecular complexity index is 1310. The molecule has 0 bridgehead atoms. The number of hydrogen-bond donors (Lipinski definition) is 3. The number of phosphoric ester groups is 1. The Labute approximate surface area is 211 Å². The number of anilines is 1. The van der Waals surface area contributed by atoms with Crippen LogP contribution in [0.1, 0.15) is 24.8 Å². The van der Waals surface area contributed by atoms with Gasteiger partial charge in [0.15, 0.2) is 6.23 Å². The lowest BCUT2D eigenvalue weighted by Crippen LogP contribution is -2.44. The quantitative estimate of drug-likeness (QED) is 0.394. The van der Waals surface area contributed by atoms with E-state index >= 15 is 0 Å². The number of rotatable bonds is 6. The molecule has 1 unspecified atom stereocenters. The molecular weight excluding hydrogens is 515 g/mol. The van der Waals surface area contributed by atoms with E-state index in [0.717, 1.165) is 0 Å². The highest BCUT2D eigenvalue weighted by Gasteiger charge is 2.54. The van der Waals surface area contributed by atoms with Crippen LogP contribution < -0.4 is 5.73 Å². The highest BCUT2D eigenvalue weighted by molar-refractivity contribution is 7.48. The van der Waals surface area contributed by atoms with E-state index in [4.69, 9.17) is 40.4 Å². The van der Waals surface area contributed by atoms with Gasteiger partial charge in [-0.25, -0.2) is 14.5 Å². The average Bonchev–Trinajstić information content (AvgIpc) is 3.37. The highest BCUT2D eigenvalue weighted by atomic mass is 35.5. The number of aromatic nitrogens is 3. The highest BCUT2D eigenvalue weighted by Crippen LogP contribution is 2.58. The Morgan fingerprint density at radius 2 is 2.17 bits per heavy atom. The maximum absolute atomic E-state index is 13.3. The molecule has 14 heteroatoms. The summed E-state index contributed by atoms with van der Waals surface area (Å²) < 4.78 is 42.9. The predicted molar refractivity (Wildman–Crippen MR) is 128 cm³/mol. The molecule has 2 aliphatic heterocycles. The molecule has 0 saturated carbocycles. The van der Waals surface area contributed by atoms with Crippen LogP contribution in [0.25, 0.3) is 11.0 Å². The molecule has 2 aliphatic rings.